The van der Waals surface area contributed by atoms with Gasteiger partial charge in [-0.25, -0.2) is 0 Å². The molecule has 0 spiro atoms. The molecule has 0 amide bonds. The van der Waals surface area contributed by atoms with Crippen LogP contribution < -0.4 is 22.5 Å². The Morgan fingerprint density at radius 3 is 1.36 bits per heavy atom. The van der Waals surface area contributed by atoms with Crippen molar-refractivity contribution in [1.29, 1.82) is 0 Å². The Balaban J connectivity index is -0.00000242. The number of hydrogen-bond acceptors (Lipinski definition) is 5. The zero-order valence-corrected chi connectivity index (χ0v) is 16.7. The number of carboxylic acid groups (broad SMARTS) is 2. The predicted octanol–water partition coefficient (Wildman–Crippen LogP) is 2.24. The SMILES string of the molecule is CCCCCCCCCCCCN(CCC(=O)[O-])CCC(=O)[O-].[NH4+].[NH4+]. The topological polar surface area (TPSA) is 156 Å². The van der Waals surface area contributed by atoms with Crippen LogP contribution >= 0.6 is 0 Å². The Labute approximate surface area is 153 Å². The summed E-state index contributed by atoms with van der Waals surface area (Å²) < 4.78 is 0. The summed E-state index contributed by atoms with van der Waals surface area (Å²) in [6, 6.07) is 0. The third-order valence-electron chi connectivity index (χ3n) is 4.09. The standard InChI is InChI=1S/C18H35NO4.2H3N/c1-2-3-4-5-6-7-8-9-10-11-14-19(15-12-17(20)21)16-13-18(22)23;;/h2-16H2,1H3,(H,20,21)(H,22,23);2*1H3. The van der Waals surface area contributed by atoms with E-state index in [1.54, 1.807) is 0 Å². The second-order valence-electron chi connectivity index (χ2n) is 6.27. The van der Waals surface area contributed by atoms with Crippen LogP contribution in [0.15, 0.2) is 0 Å². The molecule has 7 nitrogen and oxygen atoms in total. The maximum absolute atomic E-state index is 10.5. The highest BCUT2D eigenvalue weighted by Crippen LogP contribution is 2.11. The molecule has 0 heterocycles. The van der Waals surface area contributed by atoms with E-state index in [0.717, 1.165) is 19.4 Å². The highest BCUT2D eigenvalue weighted by atomic mass is 16.4. The Kier molecular flexibility index (Phi) is 23.9. The zero-order chi connectivity index (χ0) is 17.3. The summed E-state index contributed by atoms with van der Waals surface area (Å²) in [5.74, 6) is -2.18. The van der Waals surface area contributed by atoms with Crippen molar-refractivity contribution >= 4 is 11.9 Å². The average Bonchev–Trinajstić information content (AvgIpc) is 2.50. The number of carbonyl (C=O) groups excluding carboxylic acids is 2. The Hall–Kier alpha value is -1.18. The van der Waals surface area contributed by atoms with E-state index in [4.69, 9.17) is 0 Å². The smallest absolute Gasteiger partial charge is 0.0427 e. The fourth-order valence-corrected chi connectivity index (χ4v) is 2.66. The minimum Gasteiger partial charge on any atom is -0.550 e. The lowest BCUT2D eigenvalue weighted by Crippen LogP contribution is -2.35. The number of unbranched alkanes of at least 4 members (excludes halogenated alkanes) is 9. The molecule has 8 N–H and O–H groups in total. The molecule has 0 aromatic heterocycles. The van der Waals surface area contributed by atoms with Gasteiger partial charge in [-0.2, -0.15) is 0 Å². The van der Waals surface area contributed by atoms with E-state index in [9.17, 15) is 19.8 Å². The Bertz CT molecular complexity index is 297. The largest absolute Gasteiger partial charge is 0.550 e. The minimum atomic E-state index is -1.09. The van der Waals surface area contributed by atoms with Gasteiger partial charge in [0, 0.05) is 25.0 Å². The molecule has 0 radical (unpaired) electrons. The van der Waals surface area contributed by atoms with Gasteiger partial charge in [0.05, 0.1) is 0 Å². The molecular formula is C18H41N3O4. The van der Waals surface area contributed by atoms with Gasteiger partial charge in [0.2, 0.25) is 0 Å². The van der Waals surface area contributed by atoms with Crippen LogP contribution in [0.25, 0.3) is 0 Å². The molecule has 0 aliphatic heterocycles. The quantitative estimate of drug-likeness (QED) is 0.379. The van der Waals surface area contributed by atoms with E-state index in [1.165, 1.54) is 51.4 Å². The third kappa shape index (κ3) is 22.8. The van der Waals surface area contributed by atoms with Gasteiger partial charge in [0.1, 0.15) is 0 Å². The second kappa shape index (κ2) is 20.9. The molecule has 152 valence electrons. The van der Waals surface area contributed by atoms with Gasteiger partial charge in [0.15, 0.2) is 0 Å². The number of carbonyl (C=O) groups is 2. The van der Waals surface area contributed by atoms with Crippen LogP contribution in [-0.4, -0.2) is 36.5 Å². The van der Waals surface area contributed by atoms with Crippen LogP contribution in [0.3, 0.4) is 0 Å². The maximum atomic E-state index is 10.5. The van der Waals surface area contributed by atoms with E-state index < -0.39 is 11.9 Å². The second-order valence-corrected chi connectivity index (χ2v) is 6.27. The molecule has 0 aromatic carbocycles. The van der Waals surface area contributed by atoms with Gasteiger partial charge in [-0.1, -0.05) is 64.7 Å². The van der Waals surface area contributed by atoms with Crippen molar-refractivity contribution in [3.05, 3.63) is 0 Å². The summed E-state index contributed by atoms with van der Waals surface area (Å²) in [7, 11) is 0. The van der Waals surface area contributed by atoms with E-state index in [0.29, 0.717) is 13.1 Å². The first kappa shape index (κ1) is 28.6. The van der Waals surface area contributed by atoms with Crippen molar-refractivity contribution in [3.8, 4) is 0 Å². The van der Waals surface area contributed by atoms with Gasteiger partial charge in [-0.15, -0.1) is 0 Å². The molecule has 0 fully saturated rings. The predicted molar refractivity (Wildman–Crippen MR) is 99.5 cm³/mol. The molecule has 0 saturated carbocycles. The van der Waals surface area contributed by atoms with Gasteiger partial charge < -0.3 is 37.0 Å². The fourth-order valence-electron chi connectivity index (χ4n) is 2.66. The summed E-state index contributed by atoms with van der Waals surface area (Å²) in [5, 5.41) is 21.0. The fraction of sp³-hybridized carbons (Fsp3) is 0.889. The van der Waals surface area contributed by atoms with Gasteiger partial charge >= 0.3 is 0 Å². The van der Waals surface area contributed by atoms with Crippen molar-refractivity contribution in [2.24, 2.45) is 0 Å². The number of hydrogen-bond donors (Lipinski definition) is 2. The summed E-state index contributed by atoms with van der Waals surface area (Å²) in [6.45, 7) is 3.68. The molecule has 0 unspecified atom stereocenters. The van der Waals surface area contributed by atoms with Crippen LogP contribution in [0.5, 0.6) is 0 Å². The molecule has 0 bridgehead atoms. The summed E-state index contributed by atoms with van der Waals surface area (Å²) in [5.41, 5.74) is 0. The average molecular weight is 364 g/mol. The van der Waals surface area contributed by atoms with E-state index in [2.05, 4.69) is 6.92 Å². The van der Waals surface area contributed by atoms with Gasteiger partial charge in [-0.05, 0) is 25.8 Å². The van der Waals surface area contributed by atoms with Crippen LogP contribution in [0.4, 0.5) is 0 Å². The molecule has 0 atom stereocenters. The van der Waals surface area contributed by atoms with Crippen LogP contribution in [0, 0.1) is 0 Å². The number of rotatable bonds is 17. The summed E-state index contributed by atoms with van der Waals surface area (Å²) >= 11 is 0. The zero-order valence-electron chi connectivity index (χ0n) is 16.7. The lowest BCUT2D eigenvalue weighted by molar-refractivity contribution is -0.306. The van der Waals surface area contributed by atoms with Crippen molar-refractivity contribution in [2.75, 3.05) is 19.6 Å². The summed E-state index contributed by atoms with van der Waals surface area (Å²) in [6.07, 6.45) is 12.4. The highest BCUT2D eigenvalue weighted by molar-refractivity contribution is 5.65. The number of carboxylic acids is 2. The van der Waals surface area contributed by atoms with E-state index in [-0.39, 0.29) is 25.1 Å². The van der Waals surface area contributed by atoms with Gasteiger partial charge in [0.25, 0.3) is 0 Å². The Morgan fingerprint density at radius 2 is 1.00 bits per heavy atom. The number of nitrogens with zero attached hydrogens (tertiary/aromatic N) is 1. The van der Waals surface area contributed by atoms with Crippen molar-refractivity contribution < 1.29 is 19.8 Å². The summed E-state index contributed by atoms with van der Waals surface area (Å²) in [4.78, 5) is 22.9. The van der Waals surface area contributed by atoms with Gasteiger partial charge in [-0.3, -0.25) is 0 Å². The molecule has 0 aliphatic carbocycles. The molecule has 0 aromatic rings. The van der Waals surface area contributed by atoms with Crippen LogP contribution in [-0.2, 0) is 9.59 Å². The maximum Gasteiger partial charge on any atom is 0.0427 e. The molecule has 25 heavy (non-hydrogen) atoms. The van der Waals surface area contributed by atoms with E-state index >= 15 is 0 Å². The van der Waals surface area contributed by atoms with Crippen LogP contribution in [0.1, 0.15) is 84.0 Å². The van der Waals surface area contributed by atoms with Crippen molar-refractivity contribution in [2.45, 2.75) is 84.0 Å². The van der Waals surface area contributed by atoms with E-state index in [1.807, 2.05) is 4.90 Å². The lowest BCUT2D eigenvalue weighted by Gasteiger charge is -2.22. The van der Waals surface area contributed by atoms with Crippen molar-refractivity contribution in [3.63, 3.8) is 0 Å². The first-order chi connectivity index (χ1) is 11.1. The molecule has 7 heteroatoms. The third-order valence-corrected chi connectivity index (χ3v) is 4.09. The number of quaternary nitrogens is 2. The molecule has 0 saturated heterocycles. The first-order valence-corrected chi connectivity index (χ1v) is 9.18. The first-order valence-electron chi connectivity index (χ1n) is 9.18. The molecule has 0 rings (SSSR count). The Morgan fingerprint density at radius 1 is 0.640 bits per heavy atom. The van der Waals surface area contributed by atoms with Crippen LogP contribution in [0.2, 0.25) is 0 Å². The van der Waals surface area contributed by atoms with Crippen molar-refractivity contribution in [1.82, 2.24) is 17.2 Å². The lowest BCUT2D eigenvalue weighted by atomic mass is 10.1. The monoisotopic (exact) mass is 363 g/mol. The number of aliphatic carboxylic acids is 2. The highest BCUT2D eigenvalue weighted by Gasteiger charge is 2.05. The molecular weight excluding hydrogens is 322 g/mol. The minimum absolute atomic E-state index is 0. The molecule has 0 aliphatic rings. The normalized spacial score (nSPS) is 10.2.